The van der Waals surface area contributed by atoms with Gasteiger partial charge in [-0.25, -0.2) is 0 Å². The summed E-state index contributed by atoms with van der Waals surface area (Å²) in [5, 5.41) is 0. The van der Waals surface area contributed by atoms with Crippen LogP contribution in [-0.2, 0) is 55.9 Å². The highest BCUT2D eigenvalue weighted by Gasteiger charge is 2.52. The Labute approximate surface area is 270 Å². The molecule has 2 saturated heterocycles. The Morgan fingerprint density at radius 3 is 1.89 bits per heavy atom. The first-order valence-corrected chi connectivity index (χ1v) is 16.7. The summed E-state index contributed by atoms with van der Waals surface area (Å²) in [7, 11) is -3.96. The molecule has 0 aliphatic carbocycles. The summed E-state index contributed by atoms with van der Waals surface area (Å²) in [6.07, 6.45) is -3.94. The maximum Gasteiger partial charge on any atom is 0.297 e. The van der Waals surface area contributed by atoms with Crippen LogP contribution in [0.3, 0.4) is 0 Å². The molecule has 0 radical (unpaired) electrons. The molecule has 2 aliphatic rings. The lowest BCUT2D eigenvalue weighted by atomic mass is 9.97. The van der Waals surface area contributed by atoms with Gasteiger partial charge in [-0.2, -0.15) is 8.42 Å². The first-order chi connectivity index (χ1) is 22.5. The van der Waals surface area contributed by atoms with Crippen molar-refractivity contribution in [1.82, 2.24) is 0 Å². The third kappa shape index (κ3) is 8.28. The quantitative estimate of drug-likeness (QED) is 0.133. The second-order valence-corrected chi connectivity index (χ2v) is 12.8. The van der Waals surface area contributed by atoms with Crippen LogP contribution >= 0.6 is 0 Å². The predicted molar refractivity (Wildman–Crippen MR) is 169 cm³/mol. The number of aryl methyl sites for hydroxylation is 1. The van der Waals surface area contributed by atoms with Crippen molar-refractivity contribution in [3.63, 3.8) is 0 Å². The number of hydrogen-bond acceptors (Lipinski definition) is 9. The second kappa shape index (κ2) is 15.4. The number of hydrogen-bond donors (Lipinski definition) is 0. The summed E-state index contributed by atoms with van der Waals surface area (Å²) in [5.41, 5.74) is 3.79. The minimum Gasteiger partial charge on any atom is -0.368 e. The van der Waals surface area contributed by atoms with Gasteiger partial charge >= 0.3 is 0 Å². The van der Waals surface area contributed by atoms with Crippen molar-refractivity contribution >= 4 is 10.1 Å². The van der Waals surface area contributed by atoms with Gasteiger partial charge in [0.15, 0.2) is 12.6 Å². The SMILES string of the molecule is Cc1ccc(S(=O)(=O)OCCO[C@H]2O[C@@H]3CO[C@@H](c4ccccc4)O[C@H]3[C@H](OCc3ccccc3)[C@H]2OCc2ccccc2)cc1. The van der Waals surface area contributed by atoms with E-state index in [2.05, 4.69) is 0 Å². The Balaban J connectivity index is 1.21. The fraction of sp³-hybridized carbons (Fsp3) is 0.333. The zero-order valence-electron chi connectivity index (χ0n) is 25.6. The molecule has 4 aromatic rings. The van der Waals surface area contributed by atoms with E-state index in [-0.39, 0.29) is 31.3 Å². The van der Waals surface area contributed by atoms with Crippen molar-refractivity contribution in [3.8, 4) is 0 Å². The van der Waals surface area contributed by atoms with E-state index in [9.17, 15) is 8.42 Å². The predicted octanol–water partition coefficient (Wildman–Crippen LogP) is 5.73. The maximum absolute atomic E-state index is 12.7. The Bertz CT molecular complexity index is 1600. The molecule has 6 atom stereocenters. The number of fused-ring (bicyclic) bond motifs is 1. The monoisotopic (exact) mass is 646 g/mol. The molecule has 0 N–H and O–H groups in total. The van der Waals surface area contributed by atoms with Crippen molar-refractivity contribution in [3.05, 3.63) is 138 Å². The first-order valence-electron chi connectivity index (χ1n) is 15.3. The van der Waals surface area contributed by atoms with Crippen LogP contribution < -0.4 is 0 Å². The van der Waals surface area contributed by atoms with E-state index < -0.39 is 47.1 Å². The Hall–Kier alpha value is -3.45. The van der Waals surface area contributed by atoms with Crippen LogP contribution in [0.2, 0.25) is 0 Å². The van der Waals surface area contributed by atoms with Gasteiger partial charge in [0.25, 0.3) is 10.1 Å². The molecule has 46 heavy (non-hydrogen) atoms. The molecule has 0 bridgehead atoms. The molecule has 0 unspecified atom stereocenters. The van der Waals surface area contributed by atoms with E-state index >= 15 is 0 Å². The zero-order valence-corrected chi connectivity index (χ0v) is 26.4. The molecule has 2 heterocycles. The smallest absolute Gasteiger partial charge is 0.297 e. The lowest BCUT2D eigenvalue weighted by molar-refractivity contribution is -0.372. The average Bonchev–Trinajstić information content (AvgIpc) is 3.09. The molecule has 0 spiro atoms. The Kier molecular flexibility index (Phi) is 10.9. The van der Waals surface area contributed by atoms with Crippen molar-refractivity contribution in [2.24, 2.45) is 0 Å². The summed E-state index contributed by atoms with van der Waals surface area (Å²) in [5.74, 6) is 0. The van der Waals surface area contributed by atoms with E-state index in [4.69, 9.17) is 32.6 Å². The number of ether oxygens (including phenoxy) is 6. The molecule has 2 aliphatic heterocycles. The average molecular weight is 647 g/mol. The van der Waals surface area contributed by atoms with E-state index in [1.54, 1.807) is 12.1 Å². The molecular weight excluding hydrogens is 608 g/mol. The van der Waals surface area contributed by atoms with Crippen molar-refractivity contribution in [2.75, 3.05) is 19.8 Å². The minimum absolute atomic E-state index is 0.0713. The second-order valence-electron chi connectivity index (χ2n) is 11.2. The largest absolute Gasteiger partial charge is 0.368 e. The summed E-state index contributed by atoms with van der Waals surface area (Å²) >= 11 is 0. The van der Waals surface area contributed by atoms with Gasteiger partial charge in [0.05, 0.1) is 37.9 Å². The molecule has 242 valence electrons. The van der Waals surface area contributed by atoms with Crippen LogP contribution in [0.1, 0.15) is 28.5 Å². The van der Waals surface area contributed by atoms with Gasteiger partial charge in [-0.15, -0.1) is 0 Å². The lowest BCUT2D eigenvalue weighted by Crippen LogP contribution is -2.63. The summed E-state index contributed by atoms with van der Waals surface area (Å²) < 4.78 is 69.0. The molecule has 0 amide bonds. The van der Waals surface area contributed by atoms with Crippen LogP contribution in [0.25, 0.3) is 0 Å². The zero-order chi connectivity index (χ0) is 31.8. The molecule has 0 saturated carbocycles. The minimum atomic E-state index is -3.96. The maximum atomic E-state index is 12.7. The van der Waals surface area contributed by atoms with Gasteiger partial charge in [-0.1, -0.05) is 109 Å². The van der Waals surface area contributed by atoms with Crippen molar-refractivity contribution in [1.29, 1.82) is 0 Å². The van der Waals surface area contributed by atoms with Gasteiger partial charge in [-0.05, 0) is 30.2 Å². The van der Waals surface area contributed by atoms with E-state index in [0.29, 0.717) is 6.61 Å². The van der Waals surface area contributed by atoms with Crippen LogP contribution in [0.5, 0.6) is 0 Å². The summed E-state index contributed by atoms with van der Waals surface area (Å²) in [6, 6.07) is 35.8. The first kappa shape index (κ1) is 32.5. The molecule has 10 heteroatoms. The molecule has 4 aromatic carbocycles. The van der Waals surface area contributed by atoms with Crippen LogP contribution in [0, 0.1) is 6.92 Å². The van der Waals surface area contributed by atoms with Gasteiger partial charge < -0.3 is 28.4 Å². The molecule has 6 rings (SSSR count). The highest BCUT2D eigenvalue weighted by atomic mass is 32.2. The molecular formula is C36H38O9S. The third-order valence-corrected chi connectivity index (χ3v) is 9.17. The number of benzene rings is 4. The van der Waals surface area contributed by atoms with Crippen molar-refractivity contribution in [2.45, 2.75) is 62.0 Å². The molecule has 2 fully saturated rings. The van der Waals surface area contributed by atoms with Gasteiger partial charge in [0.1, 0.15) is 24.4 Å². The van der Waals surface area contributed by atoms with Crippen LogP contribution in [0.15, 0.2) is 120 Å². The molecule has 0 aromatic heterocycles. The van der Waals surface area contributed by atoms with E-state index in [1.807, 2.05) is 97.9 Å². The molecule has 9 nitrogen and oxygen atoms in total. The van der Waals surface area contributed by atoms with Gasteiger partial charge in [0.2, 0.25) is 0 Å². The highest BCUT2D eigenvalue weighted by Crippen LogP contribution is 2.37. The van der Waals surface area contributed by atoms with E-state index in [0.717, 1.165) is 22.3 Å². The topological polar surface area (TPSA) is 98.8 Å². The Morgan fingerprint density at radius 2 is 1.26 bits per heavy atom. The summed E-state index contributed by atoms with van der Waals surface area (Å²) in [6.45, 7) is 2.42. The normalized spacial score (nSPS) is 24.7. The van der Waals surface area contributed by atoms with E-state index in [1.165, 1.54) is 12.1 Å². The number of rotatable bonds is 13. The Morgan fingerprint density at radius 1 is 0.674 bits per heavy atom. The van der Waals surface area contributed by atoms with Crippen LogP contribution in [-0.4, -0.2) is 58.9 Å². The fourth-order valence-corrected chi connectivity index (χ4v) is 6.33. The fourth-order valence-electron chi connectivity index (χ4n) is 5.44. The lowest BCUT2D eigenvalue weighted by Gasteiger charge is -2.49. The summed E-state index contributed by atoms with van der Waals surface area (Å²) in [4.78, 5) is 0.0813. The van der Waals surface area contributed by atoms with Gasteiger partial charge in [0, 0.05) is 5.56 Å². The third-order valence-electron chi connectivity index (χ3n) is 7.84. The van der Waals surface area contributed by atoms with Crippen LogP contribution in [0.4, 0.5) is 0 Å². The standard InChI is InChI=1S/C36H38O9S/c1-26-17-19-30(20-18-26)46(37,38)43-22-21-39-36-34(41-24-28-13-7-3-8-14-28)33(40-23-27-11-5-2-6-12-27)32-31(44-36)25-42-35(45-32)29-15-9-4-10-16-29/h2-20,31-36H,21-25H2,1H3/t31-,32-,33+,34-,35-,36+/m1/s1. The van der Waals surface area contributed by atoms with Gasteiger partial charge in [-0.3, -0.25) is 4.18 Å². The highest BCUT2D eigenvalue weighted by molar-refractivity contribution is 7.86. The van der Waals surface area contributed by atoms with Crippen molar-refractivity contribution < 1.29 is 41.0 Å².